The van der Waals surface area contributed by atoms with Gasteiger partial charge in [-0.05, 0) is 18.9 Å². The van der Waals surface area contributed by atoms with Crippen molar-refractivity contribution in [2.75, 3.05) is 6.54 Å². The van der Waals surface area contributed by atoms with E-state index in [9.17, 15) is 9.59 Å². The van der Waals surface area contributed by atoms with E-state index in [4.69, 9.17) is 0 Å². The van der Waals surface area contributed by atoms with Gasteiger partial charge in [0.2, 0.25) is 5.91 Å². The van der Waals surface area contributed by atoms with E-state index < -0.39 is 0 Å². The van der Waals surface area contributed by atoms with E-state index in [2.05, 4.69) is 10.6 Å². The molecule has 0 spiro atoms. The zero-order valence-corrected chi connectivity index (χ0v) is 10.5. The average molecular weight is 246 g/mol. The molecule has 0 aromatic heterocycles. The third-order valence-electron chi connectivity index (χ3n) is 3.33. The molecule has 1 saturated heterocycles. The van der Waals surface area contributed by atoms with E-state index in [0.29, 0.717) is 19.5 Å². The van der Waals surface area contributed by atoms with Crippen LogP contribution in [0.5, 0.6) is 0 Å². The summed E-state index contributed by atoms with van der Waals surface area (Å²) < 4.78 is 0. The van der Waals surface area contributed by atoms with E-state index in [-0.39, 0.29) is 23.7 Å². The molecule has 2 rings (SSSR count). The minimum Gasteiger partial charge on any atom is -0.351 e. The fourth-order valence-corrected chi connectivity index (χ4v) is 2.15. The van der Waals surface area contributed by atoms with Gasteiger partial charge in [-0.1, -0.05) is 30.3 Å². The third kappa shape index (κ3) is 3.17. The summed E-state index contributed by atoms with van der Waals surface area (Å²) in [6.45, 7) is 2.72. The van der Waals surface area contributed by atoms with Gasteiger partial charge in [0.05, 0.1) is 6.04 Å². The number of benzene rings is 1. The fraction of sp³-hybridized carbons (Fsp3) is 0.429. The van der Waals surface area contributed by atoms with E-state index in [0.717, 1.165) is 5.56 Å². The quantitative estimate of drug-likeness (QED) is 0.829. The number of rotatable bonds is 4. The molecule has 1 fully saturated rings. The number of hydrogen-bond donors (Lipinski definition) is 2. The third-order valence-corrected chi connectivity index (χ3v) is 3.33. The summed E-state index contributed by atoms with van der Waals surface area (Å²) in [4.78, 5) is 23.1. The number of carbonyl (C=O) groups excluding carboxylic acids is 2. The maximum absolute atomic E-state index is 11.9. The maximum Gasteiger partial charge on any atom is 0.237 e. The first-order chi connectivity index (χ1) is 8.66. The molecule has 2 atom stereocenters. The van der Waals surface area contributed by atoms with Gasteiger partial charge in [0.25, 0.3) is 0 Å². The average Bonchev–Trinajstić information content (AvgIpc) is 2.87. The molecule has 4 heteroatoms. The largest absolute Gasteiger partial charge is 0.351 e. The summed E-state index contributed by atoms with van der Waals surface area (Å²) in [5, 5.41) is 5.98. The summed E-state index contributed by atoms with van der Waals surface area (Å²) in [6, 6.07) is 9.55. The van der Waals surface area contributed by atoms with Crippen molar-refractivity contribution in [1.29, 1.82) is 0 Å². The standard InChI is InChI=1S/C14H18N2O2/c1-10(17)12-7-13(15-9-12)14(18)16-8-11-5-3-2-4-6-11/h2-6,12-13,15H,7-9H2,1H3,(H,16,18). The highest BCUT2D eigenvalue weighted by molar-refractivity contribution is 5.85. The Hall–Kier alpha value is -1.68. The van der Waals surface area contributed by atoms with E-state index in [1.165, 1.54) is 0 Å². The summed E-state index contributed by atoms with van der Waals surface area (Å²) in [7, 11) is 0. The lowest BCUT2D eigenvalue weighted by Crippen LogP contribution is -2.39. The van der Waals surface area contributed by atoms with Crippen LogP contribution in [0.2, 0.25) is 0 Å². The van der Waals surface area contributed by atoms with Gasteiger partial charge in [0.15, 0.2) is 0 Å². The van der Waals surface area contributed by atoms with Gasteiger partial charge in [-0.3, -0.25) is 9.59 Å². The van der Waals surface area contributed by atoms with Gasteiger partial charge in [-0.25, -0.2) is 0 Å². The first kappa shape index (κ1) is 12.8. The van der Waals surface area contributed by atoms with E-state index in [1.54, 1.807) is 6.92 Å². The predicted octanol–water partition coefficient (Wildman–Crippen LogP) is 0.870. The second-order valence-corrected chi connectivity index (χ2v) is 4.71. The Morgan fingerprint density at radius 3 is 2.67 bits per heavy atom. The molecule has 2 unspecified atom stereocenters. The molecule has 1 aliphatic heterocycles. The molecule has 1 heterocycles. The molecule has 96 valence electrons. The van der Waals surface area contributed by atoms with Crippen molar-refractivity contribution in [3.63, 3.8) is 0 Å². The highest BCUT2D eigenvalue weighted by Gasteiger charge is 2.31. The molecule has 1 aromatic rings. The van der Waals surface area contributed by atoms with Crippen molar-refractivity contribution in [3.8, 4) is 0 Å². The van der Waals surface area contributed by atoms with Crippen LogP contribution in [0.25, 0.3) is 0 Å². The molecule has 1 amide bonds. The molecule has 0 saturated carbocycles. The Bertz CT molecular complexity index is 431. The van der Waals surface area contributed by atoms with Gasteiger partial charge in [-0.2, -0.15) is 0 Å². The lowest BCUT2D eigenvalue weighted by atomic mass is 10.0. The van der Waals surface area contributed by atoms with Gasteiger partial charge in [-0.15, -0.1) is 0 Å². The SMILES string of the molecule is CC(=O)C1CNC(C(=O)NCc2ccccc2)C1. The monoisotopic (exact) mass is 246 g/mol. The minimum absolute atomic E-state index is 0.0162. The summed E-state index contributed by atoms with van der Waals surface area (Å²) >= 11 is 0. The van der Waals surface area contributed by atoms with Crippen molar-refractivity contribution in [2.45, 2.75) is 25.9 Å². The van der Waals surface area contributed by atoms with Crippen molar-refractivity contribution in [3.05, 3.63) is 35.9 Å². The number of ketones is 1. The zero-order valence-electron chi connectivity index (χ0n) is 10.5. The second-order valence-electron chi connectivity index (χ2n) is 4.71. The molecule has 1 aromatic carbocycles. The van der Waals surface area contributed by atoms with Gasteiger partial charge in [0.1, 0.15) is 5.78 Å². The Morgan fingerprint density at radius 1 is 1.33 bits per heavy atom. The first-order valence-electron chi connectivity index (χ1n) is 6.22. The fourth-order valence-electron chi connectivity index (χ4n) is 2.15. The topological polar surface area (TPSA) is 58.2 Å². The van der Waals surface area contributed by atoms with Crippen molar-refractivity contribution in [2.24, 2.45) is 5.92 Å². The first-order valence-corrected chi connectivity index (χ1v) is 6.22. The van der Waals surface area contributed by atoms with E-state index >= 15 is 0 Å². The lowest BCUT2D eigenvalue weighted by Gasteiger charge is -2.11. The normalized spacial score (nSPS) is 22.7. The zero-order chi connectivity index (χ0) is 13.0. The summed E-state index contributed by atoms with van der Waals surface area (Å²) in [5.74, 6) is 0.112. The van der Waals surface area contributed by atoms with Crippen molar-refractivity contribution < 1.29 is 9.59 Å². The molecule has 0 radical (unpaired) electrons. The second kappa shape index (κ2) is 5.78. The van der Waals surface area contributed by atoms with Crippen LogP contribution in [0, 0.1) is 5.92 Å². The Balaban J connectivity index is 1.81. The highest BCUT2D eigenvalue weighted by atomic mass is 16.2. The van der Waals surface area contributed by atoms with Crippen molar-refractivity contribution >= 4 is 11.7 Å². The smallest absolute Gasteiger partial charge is 0.237 e. The number of hydrogen-bond acceptors (Lipinski definition) is 3. The molecular weight excluding hydrogens is 228 g/mol. The minimum atomic E-state index is -0.234. The number of amides is 1. The summed E-state index contributed by atoms with van der Waals surface area (Å²) in [5.41, 5.74) is 1.08. The van der Waals surface area contributed by atoms with Crippen LogP contribution in [-0.4, -0.2) is 24.3 Å². The Morgan fingerprint density at radius 2 is 2.06 bits per heavy atom. The molecule has 18 heavy (non-hydrogen) atoms. The van der Waals surface area contributed by atoms with Crippen LogP contribution in [0.4, 0.5) is 0 Å². The highest BCUT2D eigenvalue weighted by Crippen LogP contribution is 2.15. The van der Waals surface area contributed by atoms with Crippen LogP contribution >= 0.6 is 0 Å². The molecule has 0 bridgehead atoms. The molecule has 1 aliphatic rings. The molecule has 0 aliphatic carbocycles. The summed E-state index contributed by atoms with van der Waals surface area (Å²) in [6.07, 6.45) is 0.607. The van der Waals surface area contributed by atoms with Crippen LogP contribution in [0.15, 0.2) is 30.3 Å². The number of carbonyl (C=O) groups is 2. The Labute approximate surface area is 107 Å². The van der Waals surface area contributed by atoms with Crippen molar-refractivity contribution in [1.82, 2.24) is 10.6 Å². The Kier molecular flexibility index (Phi) is 4.10. The molecular formula is C14H18N2O2. The molecule has 4 nitrogen and oxygen atoms in total. The number of nitrogens with one attached hydrogen (secondary N) is 2. The van der Waals surface area contributed by atoms with E-state index in [1.807, 2.05) is 30.3 Å². The van der Waals surface area contributed by atoms with Gasteiger partial charge >= 0.3 is 0 Å². The van der Waals surface area contributed by atoms with Crippen LogP contribution in [-0.2, 0) is 16.1 Å². The van der Waals surface area contributed by atoms with Crippen LogP contribution in [0.1, 0.15) is 18.9 Å². The maximum atomic E-state index is 11.9. The number of Topliss-reactive ketones (excluding diaryl/α,β-unsaturated/α-hetero) is 1. The van der Waals surface area contributed by atoms with Gasteiger partial charge in [0, 0.05) is 19.0 Å². The molecule has 2 N–H and O–H groups in total. The van der Waals surface area contributed by atoms with Crippen LogP contribution in [0.3, 0.4) is 0 Å². The predicted molar refractivity (Wildman–Crippen MR) is 68.9 cm³/mol. The van der Waals surface area contributed by atoms with Gasteiger partial charge < -0.3 is 10.6 Å². The van der Waals surface area contributed by atoms with Crippen LogP contribution < -0.4 is 10.6 Å². The lowest BCUT2D eigenvalue weighted by molar-refractivity contribution is -0.123.